The lowest BCUT2D eigenvalue weighted by Crippen LogP contribution is -2.13. The monoisotopic (exact) mass is 288 g/mol. The molecule has 112 valence electrons. The third-order valence-electron chi connectivity index (χ3n) is 3.06. The van der Waals surface area contributed by atoms with Gasteiger partial charge in [-0.25, -0.2) is 0 Å². The first kappa shape index (κ1) is 15.3. The standard InChI is InChI=1S/C17H20O4/c1-4-19-13(3)16-17(15(18)10-12(2)21-16)20-11-14-8-6-5-7-9-14/h5-10,13H,4,11H2,1-3H3. The van der Waals surface area contributed by atoms with Crippen LogP contribution in [0.3, 0.4) is 0 Å². The molecule has 0 amide bonds. The van der Waals surface area contributed by atoms with Gasteiger partial charge in [0.25, 0.3) is 0 Å². The summed E-state index contributed by atoms with van der Waals surface area (Å²) >= 11 is 0. The number of rotatable bonds is 6. The van der Waals surface area contributed by atoms with Gasteiger partial charge >= 0.3 is 0 Å². The average molecular weight is 288 g/mol. The van der Waals surface area contributed by atoms with E-state index in [0.29, 0.717) is 24.7 Å². The zero-order valence-corrected chi connectivity index (χ0v) is 12.6. The predicted octanol–water partition coefficient (Wildman–Crippen LogP) is 3.62. The lowest BCUT2D eigenvalue weighted by molar-refractivity contribution is 0.0541. The Bertz CT molecular complexity index is 631. The van der Waals surface area contributed by atoms with E-state index in [1.165, 1.54) is 6.07 Å². The van der Waals surface area contributed by atoms with Crippen LogP contribution in [0.4, 0.5) is 0 Å². The highest BCUT2D eigenvalue weighted by Gasteiger charge is 2.19. The summed E-state index contributed by atoms with van der Waals surface area (Å²) in [6.45, 7) is 6.34. The third kappa shape index (κ3) is 3.95. The van der Waals surface area contributed by atoms with Gasteiger partial charge in [-0.3, -0.25) is 4.79 Å². The fourth-order valence-corrected chi connectivity index (χ4v) is 2.09. The molecular formula is C17H20O4. The largest absolute Gasteiger partial charge is 0.482 e. The Hall–Kier alpha value is -2.07. The highest BCUT2D eigenvalue weighted by atomic mass is 16.5. The second-order valence-corrected chi connectivity index (χ2v) is 4.79. The topological polar surface area (TPSA) is 48.7 Å². The van der Waals surface area contributed by atoms with Gasteiger partial charge in [0.05, 0.1) is 0 Å². The minimum atomic E-state index is -0.326. The van der Waals surface area contributed by atoms with Crippen molar-refractivity contribution in [1.29, 1.82) is 0 Å². The summed E-state index contributed by atoms with van der Waals surface area (Å²) in [4.78, 5) is 12.2. The molecule has 4 heteroatoms. The molecule has 0 spiro atoms. The van der Waals surface area contributed by atoms with E-state index >= 15 is 0 Å². The van der Waals surface area contributed by atoms with Crippen molar-refractivity contribution in [3.05, 3.63) is 63.7 Å². The summed E-state index contributed by atoms with van der Waals surface area (Å²) in [6.07, 6.45) is -0.326. The first-order valence-corrected chi connectivity index (χ1v) is 7.04. The minimum absolute atomic E-state index is 0.184. The molecule has 0 aliphatic carbocycles. The molecule has 2 aromatic rings. The van der Waals surface area contributed by atoms with Crippen LogP contribution in [0.5, 0.6) is 5.75 Å². The molecule has 0 radical (unpaired) electrons. The van der Waals surface area contributed by atoms with E-state index in [4.69, 9.17) is 13.9 Å². The molecule has 1 atom stereocenters. The van der Waals surface area contributed by atoms with Gasteiger partial charge in [-0.15, -0.1) is 0 Å². The van der Waals surface area contributed by atoms with Gasteiger partial charge < -0.3 is 13.9 Å². The fraction of sp³-hybridized carbons (Fsp3) is 0.353. The van der Waals surface area contributed by atoms with Gasteiger partial charge in [0.2, 0.25) is 11.2 Å². The minimum Gasteiger partial charge on any atom is -0.482 e. The smallest absolute Gasteiger partial charge is 0.227 e. The first-order valence-electron chi connectivity index (χ1n) is 7.04. The molecule has 0 bridgehead atoms. The van der Waals surface area contributed by atoms with Gasteiger partial charge in [-0.1, -0.05) is 30.3 Å². The van der Waals surface area contributed by atoms with E-state index < -0.39 is 0 Å². The number of hydrogen-bond donors (Lipinski definition) is 0. The molecule has 1 unspecified atom stereocenters. The maximum absolute atomic E-state index is 12.2. The fourth-order valence-electron chi connectivity index (χ4n) is 2.09. The molecule has 0 aliphatic heterocycles. The van der Waals surface area contributed by atoms with Crippen molar-refractivity contribution in [2.75, 3.05) is 6.61 Å². The molecule has 4 nitrogen and oxygen atoms in total. The SMILES string of the molecule is CCOC(C)c1oc(C)cc(=O)c1OCc1ccccc1. The van der Waals surface area contributed by atoms with Gasteiger partial charge in [0.1, 0.15) is 18.5 Å². The van der Waals surface area contributed by atoms with Crippen molar-refractivity contribution in [3.63, 3.8) is 0 Å². The molecule has 1 heterocycles. The van der Waals surface area contributed by atoms with Crippen LogP contribution < -0.4 is 10.2 Å². The number of ether oxygens (including phenoxy) is 2. The van der Waals surface area contributed by atoms with Crippen LogP contribution in [0, 0.1) is 6.92 Å². The summed E-state index contributed by atoms with van der Waals surface area (Å²) in [5.41, 5.74) is 0.809. The zero-order valence-electron chi connectivity index (χ0n) is 12.6. The van der Waals surface area contributed by atoms with E-state index in [0.717, 1.165) is 5.56 Å². The molecule has 0 fully saturated rings. The van der Waals surface area contributed by atoms with Gasteiger partial charge in [-0.05, 0) is 26.3 Å². The van der Waals surface area contributed by atoms with Crippen LogP contribution >= 0.6 is 0 Å². The molecule has 21 heavy (non-hydrogen) atoms. The number of benzene rings is 1. The summed E-state index contributed by atoms with van der Waals surface area (Å²) in [5, 5.41) is 0. The van der Waals surface area contributed by atoms with Gasteiger partial charge in [0, 0.05) is 12.7 Å². The Labute approximate surface area is 124 Å². The highest BCUT2D eigenvalue weighted by Crippen LogP contribution is 2.26. The second-order valence-electron chi connectivity index (χ2n) is 4.79. The summed E-state index contributed by atoms with van der Waals surface area (Å²) < 4.78 is 16.9. The second kappa shape index (κ2) is 7.09. The van der Waals surface area contributed by atoms with Crippen LogP contribution in [0.25, 0.3) is 0 Å². The van der Waals surface area contributed by atoms with E-state index in [1.54, 1.807) is 6.92 Å². The predicted molar refractivity (Wildman–Crippen MR) is 80.5 cm³/mol. The van der Waals surface area contributed by atoms with Crippen molar-refractivity contribution in [3.8, 4) is 5.75 Å². The van der Waals surface area contributed by atoms with Crippen LogP contribution in [-0.2, 0) is 11.3 Å². The molecule has 1 aromatic carbocycles. The Morgan fingerprint density at radius 3 is 2.62 bits per heavy atom. The normalized spacial score (nSPS) is 12.1. The van der Waals surface area contributed by atoms with Crippen LogP contribution in [-0.4, -0.2) is 6.61 Å². The first-order chi connectivity index (χ1) is 10.1. The van der Waals surface area contributed by atoms with E-state index in [2.05, 4.69) is 0 Å². The Morgan fingerprint density at radius 2 is 1.95 bits per heavy atom. The van der Waals surface area contributed by atoms with E-state index in [9.17, 15) is 4.79 Å². The Kier molecular flexibility index (Phi) is 5.17. The van der Waals surface area contributed by atoms with Crippen LogP contribution in [0.15, 0.2) is 45.6 Å². The molecule has 2 rings (SSSR count). The van der Waals surface area contributed by atoms with Crippen molar-refractivity contribution in [1.82, 2.24) is 0 Å². The molecule has 1 aromatic heterocycles. The maximum atomic E-state index is 12.2. The van der Waals surface area contributed by atoms with Gasteiger partial charge in [0.15, 0.2) is 5.76 Å². The molecule has 0 saturated carbocycles. The lowest BCUT2D eigenvalue weighted by Gasteiger charge is -2.15. The number of aryl methyl sites for hydroxylation is 1. The Morgan fingerprint density at radius 1 is 1.24 bits per heavy atom. The summed E-state index contributed by atoms with van der Waals surface area (Å²) in [5.74, 6) is 1.22. The highest BCUT2D eigenvalue weighted by molar-refractivity contribution is 5.28. The van der Waals surface area contributed by atoms with Crippen molar-refractivity contribution in [2.24, 2.45) is 0 Å². The Balaban J connectivity index is 2.27. The van der Waals surface area contributed by atoms with E-state index in [1.807, 2.05) is 44.2 Å². The molecule has 0 saturated heterocycles. The summed E-state index contributed by atoms with van der Waals surface area (Å²) in [6, 6.07) is 11.1. The molecule has 0 N–H and O–H groups in total. The van der Waals surface area contributed by atoms with Crippen LogP contribution in [0.2, 0.25) is 0 Å². The van der Waals surface area contributed by atoms with Crippen molar-refractivity contribution >= 4 is 0 Å². The summed E-state index contributed by atoms with van der Waals surface area (Å²) in [7, 11) is 0. The lowest BCUT2D eigenvalue weighted by atomic mass is 10.2. The quantitative estimate of drug-likeness (QED) is 0.814. The zero-order chi connectivity index (χ0) is 15.2. The van der Waals surface area contributed by atoms with Crippen LogP contribution in [0.1, 0.15) is 37.0 Å². The average Bonchev–Trinajstić information content (AvgIpc) is 2.47. The van der Waals surface area contributed by atoms with Gasteiger partial charge in [-0.2, -0.15) is 0 Å². The van der Waals surface area contributed by atoms with Crippen molar-refractivity contribution < 1.29 is 13.9 Å². The molecular weight excluding hydrogens is 268 g/mol. The maximum Gasteiger partial charge on any atom is 0.227 e. The number of hydrogen-bond acceptors (Lipinski definition) is 4. The third-order valence-corrected chi connectivity index (χ3v) is 3.06. The van der Waals surface area contributed by atoms with E-state index in [-0.39, 0.29) is 17.3 Å². The van der Waals surface area contributed by atoms with Crippen molar-refractivity contribution in [2.45, 2.75) is 33.5 Å². The molecule has 0 aliphatic rings.